The van der Waals surface area contributed by atoms with Crippen LogP contribution in [0.3, 0.4) is 0 Å². The van der Waals surface area contributed by atoms with Crippen molar-refractivity contribution >= 4 is 34.9 Å². The molecule has 0 aliphatic heterocycles. The number of hydrogen-bond acceptors (Lipinski definition) is 1. The predicted octanol–water partition coefficient (Wildman–Crippen LogP) is 4.54. The van der Waals surface area contributed by atoms with Gasteiger partial charge in [-0.1, -0.05) is 36.9 Å². The van der Waals surface area contributed by atoms with Crippen molar-refractivity contribution in [2.24, 2.45) is 5.92 Å². The number of aromatic amines is 1. The molecule has 17 heavy (non-hydrogen) atoms. The Labute approximate surface area is 111 Å². The Hall–Kier alpha value is -0.800. The smallest absolute Gasteiger partial charge is 0.178 e. The molecule has 0 radical (unpaired) electrons. The minimum atomic E-state index is 0.781. The number of imidazole rings is 1. The van der Waals surface area contributed by atoms with Crippen LogP contribution in [0.1, 0.15) is 25.7 Å². The highest BCUT2D eigenvalue weighted by atomic mass is 35.5. The van der Waals surface area contributed by atoms with Gasteiger partial charge >= 0.3 is 0 Å². The van der Waals surface area contributed by atoms with E-state index in [1.54, 1.807) is 0 Å². The number of aromatic nitrogens is 2. The molecule has 0 atom stereocenters. The van der Waals surface area contributed by atoms with Crippen molar-refractivity contribution in [3.05, 3.63) is 28.0 Å². The molecule has 90 valence electrons. The Morgan fingerprint density at radius 1 is 1.41 bits per heavy atom. The number of hydrogen-bond donors (Lipinski definition) is 1. The summed E-state index contributed by atoms with van der Waals surface area (Å²) >= 11 is 11.6. The molecule has 1 aromatic heterocycles. The molecule has 1 N–H and O–H groups in total. The summed E-state index contributed by atoms with van der Waals surface area (Å²) in [4.78, 5) is 3.22. The fraction of sp³-hybridized carbons (Fsp3) is 0.462. The molecule has 2 aromatic rings. The van der Waals surface area contributed by atoms with Gasteiger partial charge in [-0.05, 0) is 36.7 Å². The number of nitrogens with zero attached hydrogens (tertiary/aromatic N) is 1. The van der Waals surface area contributed by atoms with Crippen molar-refractivity contribution < 1.29 is 0 Å². The van der Waals surface area contributed by atoms with Crippen LogP contribution in [0.5, 0.6) is 0 Å². The van der Waals surface area contributed by atoms with E-state index in [1.807, 2.05) is 18.2 Å². The number of fused-ring (bicyclic) bond motifs is 1. The van der Waals surface area contributed by atoms with Crippen molar-refractivity contribution in [3.63, 3.8) is 0 Å². The van der Waals surface area contributed by atoms with Gasteiger partial charge in [0.2, 0.25) is 0 Å². The molecule has 2 nitrogen and oxygen atoms in total. The molecular formula is C13H15ClN2S. The van der Waals surface area contributed by atoms with Crippen LogP contribution in [0, 0.1) is 10.7 Å². The van der Waals surface area contributed by atoms with E-state index in [2.05, 4.69) is 9.55 Å². The molecule has 1 aromatic carbocycles. The molecule has 4 heteroatoms. The van der Waals surface area contributed by atoms with Gasteiger partial charge in [-0.15, -0.1) is 0 Å². The highest BCUT2D eigenvalue weighted by Gasteiger charge is 2.18. The van der Waals surface area contributed by atoms with E-state index in [0.29, 0.717) is 0 Å². The molecule has 0 bridgehead atoms. The topological polar surface area (TPSA) is 20.7 Å². The number of para-hydroxylation sites is 1. The van der Waals surface area contributed by atoms with Crippen molar-refractivity contribution in [2.45, 2.75) is 32.2 Å². The van der Waals surface area contributed by atoms with Crippen molar-refractivity contribution in [3.8, 4) is 0 Å². The second kappa shape index (κ2) is 4.46. The highest BCUT2D eigenvalue weighted by Crippen LogP contribution is 2.31. The standard InChI is InChI=1S/C13H15ClN2S/c14-10-5-2-6-11-12(10)16(13(17)15-11)8-7-9-3-1-4-9/h2,5-6,9H,1,3-4,7-8H2,(H,15,17). The highest BCUT2D eigenvalue weighted by molar-refractivity contribution is 7.71. The molecule has 0 spiro atoms. The first-order valence-corrected chi connectivity index (χ1v) is 6.91. The Balaban J connectivity index is 1.96. The summed E-state index contributed by atoms with van der Waals surface area (Å²) in [5, 5.41) is 0.781. The number of nitrogens with one attached hydrogen (secondary N) is 1. The average molecular weight is 267 g/mol. The maximum Gasteiger partial charge on any atom is 0.178 e. The average Bonchev–Trinajstić information content (AvgIpc) is 2.54. The number of H-pyrrole nitrogens is 1. The minimum Gasteiger partial charge on any atom is -0.331 e. The third-order valence-electron chi connectivity index (χ3n) is 3.73. The molecule has 0 amide bonds. The predicted molar refractivity (Wildman–Crippen MR) is 74.1 cm³/mol. The largest absolute Gasteiger partial charge is 0.331 e. The van der Waals surface area contributed by atoms with Crippen LogP contribution in [0.25, 0.3) is 11.0 Å². The first-order valence-electron chi connectivity index (χ1n) is 6.13. The second-order valence-electron chi connectivity index (χ2n) is 4.80. The van der Waals surface area contributed by atoms with Crippen molar-refractivity contribution in [1.82, 2.24) is 9.55 Å². The van der Waals surface area contributed by atoms with Gasteiger partial charge in [-0.2, -0.15) is 0 Å². The zero-order valence-corrected chi connectivity index (χ0v) is 11.2. The van der Waals surface area contributed by atoms with Gasteiger partial charge in [-0.25, -0.2) is 0 Å². The number of rotatable bonds is 3. The monoisotopic (exact) mass is 266 g/mol. The Bertz CT molecular complexity index is 595. The fourth-order valence-electron chi connectivity index (χ4n) is 2.48. The van der Waals surface area contributed by atoms with Crippen LogP contribution in [0.4, 0.5) is 0 Å². The second-order valence-corrected chi connectivity index (χ2v) is 5.60. The summed E-state index contributed by atoms with van der Waals surface area (Å²) in [6, 6.07) is 5.90. The minimum absolute atomic E-state index is 0.781. The lowest BCUT2D eigenvalue weighted by Gasteiger charge is -2.25. The van der Waals surface area contributed by atoms with Crippen molar-refractivity contribution in [1.29, 1.82) is 0 Å². The quantitative estimate of drug-likeness (QED) is 0.809. The van der Waals surface area contributed by atoms with Gasteiger partial charge in [0, 0.05) is 6.54 Å². The summed E-state index contributed by atoms with van der Waals surface area (Å²) in [6.07, 6.45) is 5.37. The van der Waals surface area contributed by atoms with Crippen LogP contribution >= 0.6 is 23.8 Å². The molecule has 0 unspecified atom stereocenters. The van der Waals surface area contributed by atoms with Gasteiger partial charge in [-0.3, -0.25) is 0 Å². The lowest BCUT2D eigenvalue weighted by atomic mass is 9.83. The van der Waals surface area contributed by atoms with E-state index in [4.69, 9.17) is 23.8 Å². The van der Waals surface area contributed by atoms with Crippen LogP contribution in [0.15, 0.2) is 18.2 Å². The van der Waals surface area contributed by atoms with Gasteiger partial charge < -0.3 is 9.55 Å². The molecule has 1 saturated carbocycles. The molecule has 3 rings (SSSR count). The van der Waals surface area contributed by atoms with E-state index in [0.717, 1.165) is 33.3 Å². The van der Waals surface area contributed by atoms with E-state index in [1.165, 1.54) is 25.7 Å². The zero-order chi connectivity index (χ0) is 11.8. The zero-order valence-electron chi connectivity index (χ0n) is 9.58. The fourth-order valence-corrected chi connectivity index (χ4v) is 3.05. The van der Waals surface area contributed by atoms with Crippen LogP contribution in [-0.2, 0) is 6.54 Å². The van der Waals surface area contributed by atoms with Crippen LogP contribution < -0.4 is 0 Å². The maximum atomic E-state index is 6.25. The molecular weight excluding hydrogens is 252 g/mol. The van der Waals surface area contributed by atoms with E-state index in [9.17, 15) is 0 Å². The molecule has 1 heterocycles. The molecule has 0 saturated heterocycles. The van der Waals surface area contributed by atoms with Gasteiger partial charge in [0.1, 0.15) is 0 Å². The van der Waals surface area contributed by atoms with Gasteiger partial charge in [0.15, 0.2) is 4.77 Å². The van der Waals surface area contributed by atoms with Gasteiger partial charge in [0.25, 0.3) is 0 Å². The summed E-state index contributed by atoms with van der Waals surface area (Å²) in [5.74, 6) is 0.893. The lowest BCUT2D eigenvalue weighted by molar-refractivity contribution is 0.283. The SMILES string of the molecule is S=c1[nH]c2cccc(Cl)c2n1CCC1CCC1. The maximum absolute atomic E-state index is 6.25. The first-order chi connectivity index (χ1) is 8.25. The summed E-state index contributed by atoms with van der Waals surface area (Å²) < 4.78 is 2.93. The Morgan fingerprint density at radius 2 is 2.24 bits per heavy atom. The van der Waals surface area contributed by atoms with Crippen LogP contribution in [0.2, 0.25) is 5.02 Å². The normalized spacial score (nSPS) is 16.3. The summed E-state index contributed by atoms with van der Waals surface area (Å²) in [7, 11) is 0. The molecule has 1 aliphatic rings. The van der Waals surface area contributed by atoms with Crippen molar-refractivity contribution in [2.75, 3.05) is 0 Å². The Kier molecular flexibility index (Phi) is 2.97. The van der Waals surface area contributed by atoms with Crippen LogP contribution in [-0.4, -0.2) is 9.55 Å². The Morgan fingerprint density at radius 3 is 2.94 bits per heavy atom. The summed E-state index contributed by atoms with van der Waals surface area (Å²) in [5.41, 5.74) is 2.09. The summed E-state index contributed by atoms with van der Waals surface area (Å²) in [6.45, 7) is 0.979. The third-order valence-corrected chi connectivity index (χ3v) is 4.36. The molecule has 1 aliphatic carbocycles. The number of aryl methyl sites for hydroxylation is 1. The number of halogens is 1. The lowest BCUT2D eigenvalue weighted by Crippen LogP contribution is -2.13. The van der Waals surface area contributed by atoms with E-state index >= 15 is 0 Å². The third kappa shape index (κ3) is 2.02. The first kappa shape index (κ1) is 11.3. The van der Waals surface area contributed by atoms with Gasteiger partial charge in [0.05, 0.1) is 16.1 Å². The van der Waals surface area contributed by atoms with E-state index < -0.39 is 0 Å². The molecule has 1 fully saturated rings. The number of benzene rings is 1. The van der Waals surface area contributed by atoms with E-state index in [-0.39, 0.29) is 0 Å².